The summed E-state index contributed by atoms with van der Waals surface area (Å²) in [6.07, 6.45) is 1.64. The van der Waals surface area contributed by atoms with Crippen LogP contribution < -0.4 is 5.32 Å². The summed E-state index contributed by atoms with van der Waals surface area (Å²) in [5.74, 6) is -0.361. The Bertz CT molecular complexity index is 1170. The predicted molar refractivity (Wildman–Crippen MR) is 116 cm³/mol. The number of nitrogens with zero attached hydrogens (tertiary/aromatic N) is 4. The number of carbonyl (C=O) groups is 1. The average Bonchev–Trinajstić information content (AvgIpc) is 3.27. The van der Waals surface area contributed by atoms with Gasteiger partial charge in [0.1, 0.15) is 16.5 Å². The highest BCUT2D eigenvalue weighted by Crippen LogP contribution is 2.29. The van der Waals surface area contributed by atoms with Gasteiger partial charge in [0.15, 0.2) is 5.13 Å². The van der Waals surface area contributed by atoms with Gasteiger partial charge in [-0.15, -0.1) is 11.3 Å². The molecule has 0 aliphatic rings. The Kier molecular flexibility index (Phi) is 5.62. The number of halogens is 2. The number of pyridine rings is 1. The summed E-state index contributed by atoms with van der Waals surface area (Å²) >= 11 is 13.9. The highest BCUT2D eigenvalue weighted by molar-refractivity contribution is 7.14. The minimum atomic E-state index is -0.361. The molecule has 0 aliphatic heterocycles. The largest absolute Gasteiger partial charge is 0.298 e. The molecule has 3 aromatic heterocycles. The van der Waals surface area contributed by atoms with Crippen LogP contribution >= 0.6 is 34.5 Å². The molecular formula is C20H15Cl2N5OS. The number of aryl methyl sites for hydroxylation is 1. The number of rotatable bonds is 5. The highest BCUT2D eigenvalue weighted by atomic mass is 35.5. The maximum atomic E-state index is 12.8. The molecule has 0 fully saturated rings. The van der Waals surface area contributed by atoms with Gasteiger partial charge in [-0.05, 0) is 24.6 Å². The highest BCUT2D eigenvalue weighted by Gasteiger charge is 2.22. The van der Waals surface area contributed by atoms with Crippen LogP contribution in [0.1, 0.15) is 21.6 Å². The monoisotopic (exact) mass is 443 g/mol. The van der Waals surface area contributed by atoms with Crippen LogP contribution in [0.3, 0.4) is 0 Å². The summed E-state index contributed by atoms with van der Waals surface area (Å²) in [4.78, 5) is 21.5. The number of thiazole rings is 1. The fourth-order valence-electron chi connectivity index (χ4n) is 2.85. The van der Waals surface area contributed by atoms with Crippen molar-refractivity contribution in [1.29, 1.82) is 0 Å². The first-order chi connectivity index (χ1) is 14.0. The minimum absolute atomic E-state index is 0.286. The molecule has 0 radical (unpaired) electrons. The van der Waals surface area contributed by atoms with Gasteiger partial charge in [-0.25, -0.2) is 9.67 Å². The molecular weight excluding hydrogens is 429 g/mol. The van der Waals surface area contributed by atoms with Crippen molar-refractivity contribution in [2.75, 3.05) is 5.32 Å². The summed E-state index contributed by atoms with van der Waals surface area (Å²) in [5, 5.41) is 10.2. The normalized spacial score (nSPS) is 10.9. The lowest BCUT2D eigenvalue weighted by Crippen LogP contribution is -2.13. The summed E-state index contributed by atoms with van der Waals surface area (Å²) in [6, 6.07) is 13.3. The van der Waals surface area contributed by atoms with Crippen molar-refractivity contribution >= 4 is 45.6 Å². The van der Waals surface area contributed by atoms with E-state index in [-0.39, 0.29) is 11.1 Å². The van der Waals surface area contributed by atoms with E-state index in [4.69, 9.17) is 23.2 Å². The molecule has 0 aliphatic carbocycles. The lowest BCUT2D eigenvalue weighted by atomic mass is 10.2. The number of hydrogen-bond acceptors (Lipinski definition) is 5. The van der Waals surface area contributed by atoms with E-state index in [1.165, 1.54) is 11.3 Å². The van der Waals surface area contributed by atoms with E-state index in [2.05, 4.69) is 20.4 Å². The van der Waals surface area contributed by atoms with Crippen molar-refractivity contribution in [3.8, 4) is 11.4 Å². The Hall–Kier alpha value is -2.74. The van der Waals surface area contributed by atoms with Crippen molar-refractivity contribution in [1.82, 2.24) is 19.7 Å². The number of amides is 1. The lowest BCUT2D eigenvalue weighted by molar-refractivity contribution is 0.102. The molecule has 1 amide bonds. The molecule has 3 heterocycles. The van der Waals surface area contributed by atoms with Gasteiger partial charge in [-0.3, -0.25) is 15.1 Å². The number of benzene rings is 1. The Labute approximate surface area is 181 Å². The third-order valence-electron chi connectivity index (χ3n) is 4.19. The molecule has 0 unspecified atom stereocenters. The standard InChI is InChI=1S/C20H15Cl2N5OS/c1-12-16(18(22)27(26-12)10-13-6-3-2-4-7-13)19(28)25-20-24-15(11-29-20)17-14(21)8-5-9-23-17/h2-9,11H,10H2,1H3,(H,24,25,28). The van der Waals surface area contributed by atoms with Gasteiger partial charge in [0.2, 0.25) is 0 Å². The third kappa shape index (κ3) is 4.17. The SMILES string of the molecule is Cc1nn(Cc2ccccc2)c(Cl)c1C(=O)Nc1nc(-c2ncccc2Cl)cs1. The molecule has 1 N–H and O–H groups in total. The molecule has 0 spiro atoms. The maximum Gasteiger partial charge on any atom is 0.262 e. The molecule has 9 heteroatoms. The zero-order valence-corrected chi connectivity index (χ0v) is 17.6. The van der Waals surface area contributed by atoms with Crippen molar-refractivity contribution in [2.24, 2.45) is 0 Å². The van der Waals surface area contributed by atoms with E-state index in [0.29, 0.717) is 39.3 Å². The van der Waals surface area contributed by atoms with Crippen molar-refractivity contribution < 1.29 is 4.79 Å². The molecule has 0 bridgehead atoms. The van der Waals surface area contributed by atoms with Gasteiger partial charge in [-0.2, -0.15) is 5.10 Å². The molecule has 146 valence electrons. The van der Waals surface area contributed by atoms with E-state index in [9.17, 15) is 4.79 Å². The van der Waals surface area contributed by atoms with Crippen LogP contribution in [-0.2, 0) is 6.54 Å². The van der Waals surface area contributed by atoms with E-state index >= 15 is 0 Å². The zero-order valence-electron chi connectivity index (χ0n) is 15.3. The molecule has 0 saturated carbocycles. The Morgan fingerprint density at radius 2 is 1.97 bits per heavy atom. The zero-order chi connectivity index (χ0) is 20.4. The number of carbonyl (C=O) groups excluding carboxylic acids is 1. The second-order valence-corrected chi connectivity index (χ2v) is 7.84. The van der Waals surface area contributed by atoms with Gasteiger partial charge in [-0.1, -0.05) is 53.5 Å². The van der Waals surface area contributed by atoms with Gasteiger partial charge >= 0.3 is 0 Å². The van der Waals surface area contributed by atoms with Gasteiger partial charge in [0.25, 0.3) is 5.91 Å². The fourth-order valence-corrected chi connectivity index (χ4v) is 4.07. The smallest absolute Gasteiger partial charge is 0.262 e. The third-order valence-corrected chi connectivity index (χ3v) is 5.64. The van der Waals surface area contributed by atoms with E-state index in [0.717, 1.165) is 5.56 Å². The quantitative estimate of drug-likeness (QED) is 0.452. The van der Waals surface area contributed by atoms with Gasteiger partial charge in [0.05, 0.1) is 22.8 Å². The number of nitrogens with one attached hydrogen (secondary N) is 1. The molecule has 6 nitrogen and oxygen atoms in total. The topological polar surface area (TPSA) is 72.7 Å². The molecule has 4 rings (SSSR count). The summed E-state index contributed by atoms with van der Waals surface area (Å²) in [5.41, 5.74) is 3.08. The molecule has 0 atom stereocenters. The Balaban J connectivity index is 1.54. The van der Waals surface area contributed by atoms with Crippen LogP contribution in [0, 0.1) is 6.92 Å². The van der Waals surface area contributed by atoms with Crippen LogP contribution in [-0.4, -0.2) is 25.7 Å². The number of aromatic nitrogens is 4. The second kappa shape index (κ2) is 8.32. The maximum absolute atomic E-state index is 12.8. The molecule has 4 aromatic rings. The first kappa shape index (κ1) is 19.6. The van der Waals surface area contributed by atoms with Crippen molar-refractivity contribution in [3.05, 3.63) is 81.0 Å². The van der Waals surface area contributed by atoms with Crippen molar-refractivity contribution in [3.63, 3.8) is 0 Å². The van der Waals surface area contributed by atoms with Crippen LogP contribution in [0.25, 0.3) is 11.4 Å². The average molecular weight is 444 g/mol. The van der Waals surface area contributed by atoms with E-state index < -0.39 is 0 Å². The Morgan fingerprint density at radius 1 is 1.17 bits per heavy atom. The summed E-state index contributed by atoms with van der Waals surface area (Å²) < 4.78 is 1.61. The summed E-state index contributed by atoms with van der Waals surface area (Å²) in [6.45, 7) is 2.23. The van der Waals surface area contributed by atoms with Crippen molar-refractivity contribution in [2.45, 2.75) is 13.5 Å². The van der Waals surface area contributed by atoms with Crippen LogP contribution in [0.4, 0.5) is 5.13 Å². The first-order valence-electron chi connectivity index (χ1n) is 8.67. The van der Waals surface area contributed by atoms with Gasteiger partial charge < -0.3 is 0 Å². The molecule has 29 heavy (non-hydrogen) atoms. The first-order valence-corrected chi connectivity index (χ1v) is 10.3. The van der Waals surface area contributed by atoms with E-state index in [1.54, 1.807) is 35.3 Å². The van der Waals surface area contributed by atoms with Crippen LogP contribution in [0.5, 0.6) is 0 Å². The minimum Gasteiger partial charge on any atom is -0.298 e. The lowest BCUT2D eigenvalue weighted by Gasteiger charge is -2.04. The predicted octanol–water partition coefficient (Wildman–Crippen LogP) is 5.32. The van der Waals surface area contributed by atoms with Crippen LogP contribution in [0.15, 0.2) is 54.0 Å². The molecule has 0 saturated heterocycles. The fraction of sp³-hybridized carbons (Fsp3) is 0.100. The van der Waals surface area contributed by atoms with E-state index in [1.807, 2.05) is 30.3 Å². The Morgan fingerprint density at radius 3 is 2.72 bits per heavy atom. The van der Waals surface area contributed by atoms with Gasteiger partial charge in [0, 0.05) is 11.6 Å². The van der Waals surface area contributed by atoms with Crippen LogP contribution in [0.2, 0.25) is 10.2 Å². The summed E-state index contributed by atoms with van der Waals surface area (Å²) in [7, 11) is 0. The number of anilines is 1. The second-order valence-electron chi connectivity index (χ2n) is 6.22. The number of hydrogen-bond donors (Lipinski definition) is 1. The molecule has 1 aromatic carbocycles.